The van der Waals surface area contributed by atoms with Crippen LogP contribution in [-0.2, 0) is 0 Å². The summed E-state index contributed by atoms with van der Waals surface area (Å²) in [5.41, 5.74) is 6.50. The Balaban J connectivity index is 2.21. The van der Waals surface area contributed by atoms with Crippen molar-refractivity contribution in [2.75, 3.05) is 0 Å². The molecule has 0 saturated carbocycles. The molecule has 5 heteroatoms. The molecule has 0 aliphatic carbocycles. The first-order chi connectivity index (χ1) is 7.65. The van der Waals surface area contributed by atoms with E-state index in [4.69, 9.17) is 10.5 Å². The highest BCUT2D eigenvalue weighted by molar-refractivity contribution is 9.10. The van der Waals surface area contributed by atoms with Crippen LogP contribution in [0.5, 0.6) is 5.75 Å². The molecule has 84 valence electrons. The van der Waals surface area contributed by atoms with Crippen LogP contribution in [0.4, 0.5) is 0 Å². The summed E-state index contributed by atoms with van der Waals surface area (Å²) >= 11 is 3.39. The second kappa shape index (κ2) is 4.67. The molecule has 2 N–H and O–H groups in total. The number of rotatable bonds is 3. The summed E-state index contributed by atoms with van der Waals surface area (Å²) in [5.74, 6) is 0.665. The van der Waals surface area contributed by atoms with Gasteiger partial charge >= 0.3 is 0 Å². The first-order valence-electron chi connectivity index (χ1n) is 4.88. The van der Waals surface area contributed by atoms with Crippen LogP contribution in [0.15, 0.2) is 41.1 Å². The first-order valence-corrected chi connectivity index (χ1v) is 5.67. The Bertz CT molecular complexity index is 464. The van der Waals surface area contributed by atoms with Gasteiger partial charge < -0.3 is 4.74 Å². The average Bonchev–Trinajstić information content (AvgIpc) is 2.66. The van der Waals surface area contributed by atoms with E-state index < -0.39 is 0 Å². The predicted molar refractivity (Wildman–Crippen MR) is 65.5 cm³/mol. The fraction of sp³-hybridized carbons (Fsp3) is 0.182. The summed E-state index contributed by atoms with van der Waals surface area (Å²) in [6.07, 6.45) is 3.11. The van der Waals surface area contributed by atoms with E-state index in [1.807, 2.05) is 24.3 Å². The molecule has 0 fully saturated rings. The maximum Gasteiger partial charge on any atom is 0.160 e. The molecule has 0 radical (unpaired) electrons. The molecule has 0 aliphatic rings. The van der Waals surface area contributed by atoms with Crippen LogP contribution in [0.25, 0.3) is 5.69 Å². The maximum absolute atomic E-state index is 5.53. The van der Waals surface area contributed by atoms with E-state index >= 15 is 0 Å². The Morgan fingerprint density at radius 1 is 1.38 bits per heavy atom. The molecule has 1 aromatic carbocycles. The fourth-order valence-corrected chi connectivity index (χ4v) is 1.58. The topological polar surface area (TPSA) is 53.1 Å². The third-order valence-corrected chi connectivity index (χ3v) is 2.50. The van der Waals surface area contributed by atoms with Gasteiger partial charge in [0.1, 0.15) is 6.23 Å². The summed E-state index contributed by atoms with van der Waals surface area (Å²) in [4.78, 5) is 0. The van der Waals surface area contributed by atoms with E-state index in [1.54, 1.807) is 24.0 Å². The number of nitrogens with zero attached hydrogens (tertiary/aromatic N) is 2. The molecule has 2 aromatic rings. The van der Waals surface area contributed by atoms with Crippen molar-refractivity contribution in [1.29, 1.82) is 0 Å². The second-order valence-electron chi connectivity index (χ2n) is 3.42. The third-order valence-electron chi connectivity index (χ3n) is 1.97. The normalized spacial score (nSPS) is 12.4. The lowest BCUT2D eigenvalue weighted by molar-refractivity contribution is 0.230. The minimum absolute atomic E-state index is 0.331. The molecule has 4 nitrogen and oxygen atoms in total. The third kappa shape index (κ3) is 2.62. The zero-order chi connectivity index (χ0) is 11.5. The Labute approximate surface area is 102 Å². The molecule has 1 aromatic heterocycles. The van der Waals surface area contributed by atoms with E-state index in [1.165, 1.54) is 0 Å². The molecule has 2 rings (SSSR count). The molecular weight excluding hydrogens is 270 g/mol. The molecular formula is C11H12BrN3O. The number of hydrogen-bond acceptors (Lipinski definition) is 3. The number of ether oxygens (including phenoxy) is 1. The quantitative estimate of drug-likeness (QED) is 0.879. The lowest BCUT2D eigenvalue weighted by Gasteiger charge is -2.05. The van der Waals surface area contributed by atoms with Crippen LogP contribution in [0.3, 0.4) is 0 Å². The molecule has 16 heavy (non-hydrogen) atoms. The van der Waals surface area contributed by atoms with Gasteiger partial charge in [0.05, 0.1) is 18.1 Å². The minimum atomic E-state index is -0.331. The fourth-order valence-electron chi connectivity index (χ4n) is 1.32. The van der Waals surface area contributed by atoms with Crippen molar-refractivity contribution in [2.24, 2.45) is 5.73 Å². The number of halogens is 1. The molecule has 1 unspecified atom stereocenters. The molecule has 0 aliphatic heterocycles. The van der Waals surface area contributed by atoms with Crippen molar-refractivity contribution >= 4 is 15.9 Å². The lowest BCUT2D eigenvalue weighted by atomic mass is 10.3. The first kappa shape index (κ1) is 11.2. The Kier molecular flexibility index (Phi) is 3.26. The Morgan fingerprint density at radius 3 is 2.69 bits per heavy atom. The number of benzene rings is 1. The van der Waals surface area contributed by atoms with Crippen LogP contribution in [0.2, 0.25) is 0 Å². The molecule has 1 atom stereocenters. The van der Waals surface area contributed by atoms with Crippen LogP contribution in [-0.4, -0.2) is 16.0 Å². The van der Waals surface area contributed by atoms with Gasteiger partial charge in [0, 0.05) is 4.47 Å². The van der Waals surface area contributed by atoms with Crippen molar-refractivity contribution in [3.63, 3.8) is 0 Å². The van der Waals surface area contributed by atoms with Crippen molar-refractivity contribution in [3.8, 4) is 11.4 Å². The standard InChI is InChI=1S/C11H12BrN3O/c1-8(13)16-11-6-14-15(7-11)10-4-2-9(12)3-5-10/h2-8H,13H2,1H3. The van der Waals surface area contributed by atoms with E-state index in [2.05, 4.69) is 21.0 Å². The predicted octanol–water partition coefficient (Wildman–Crippen LogP) is 2.32. The van der Waals surface area contributed by atoms with Gasteiger partial charge in [0.2, 0.25) is 0 Å². The van der Waals surface area contributed by atoms with E-state index in [0.29, 0.717) is 5.75 Å². The Hall–Kier alpha value is -1.33. The van der Waals surface area contributed by atoms with Gasteiger partial charge in [-0.05, 0) is 31.2 Å². The molecule has 1 heterocycles. The maximum atomic E-state index is 5.53. The van der Waals surface area contributed by atoms with Crippen molar-refractivity contribution in [2.45, 2.75) is 13.2 Å². The summed E-state index contributed by atoms with van der Waals surface area (Å²) in [6, 6.07) is 7.85. The summed E-state index contributed by atoms with van der Waals surface area (Å²) in [6.45, 7) is 1.77. The Morgan fingerprint density at radius 2 is 2.06 bits per heavy atom. The summed E-state index contributed by atoms with van der Waals surface area (Å²) in [5, 5.41) is 4.19. The van der Waals surface area contributed by atoms with Gasteiger partial charge in [0.25, 0.3) is 0 Å². The van der Waals surface area contributed by atoms with Crippen LogP contribution < -0.4 is 10.5 Å². The van der Waals surface area contributed by atoms with Gasteiger partial charge in [-0.2, -0.15) is 5.10 Å². The zero-order valence-electron chi connectivity index (χ0n) is 8.80. The van der Waals surface area contributed by atoms with Crippen molar-refractivity contribution < 1.29 is 4.74 Å². The second-order valence-corrected chi connectivity index (χ2v) is 4.34. The lowest BCUT2D eigenvalue weighted by Crippen LogP contribution is -2.22. The largest absolute Gasteiger partial charge is 0.473 e. The van der Waals surface area contributed by atoms with Gasteiger partial charge in [-0.1, -0.05) is 15.9 Å². The van der Waals surface area contributed by atoms with Crippen LogP contribution in [0, 0.1) is 0 Å². The number of hydrogen-bond donors (Lipinski definition) is 1. The number of nitrogens with two attached hydrogens (primary N) is 1. The van der Waals surface area contributed by atoms with Gasteiger partial charge in [-0.25, -0.2) is 4.68 Å². The summed E-state index contributed by atoms with van der Waals surface area (Å²) in [7, 11) is 0. The van der Waals surface area contributed by atoms with Crippen LogP contribution >= 0.6 is 15.9 Å². The van der Waals surface area contributed by atoms with Crippen molar-refractivity contribution in [1.82, 2.24) is 9.78 Å². The van der Waals surface area contributed by atoms with Gasteiger partial charge in [-0.15, -0.1) is 0 Å². The van der Waals surface area contributed by atoms with E-state index in [0.717, 1.165) is 10.2 Å². The smallest absolute Gasteiger partial charge is 0.160 e. The average molecular weight is 282 g/mol. The molecule has 0 bridgehead atoms. The highest BCUT2D eigenvalue weighted by Crippen LogP contribution is 2.16. The van der Waals surface area contributed by atoms with E-state index in [-0.39, 0.29) is 6.23 Å². The highest BCUT2D eigenvalue weighted by atomic mass is 79.9. The summed E-state index contributed by atoms with van der Waals surface area (Å²) < 4.78 is 8.10. The van der Waals surface area contributed by atoms with E-state index in [9.17, 15) is 0 Å². The molecule has 0 spiro atoms. The number of aromatic nitrogens is 2. The van der Waals surface area contributed by atoms with Crippen LogP contribution in [0.1, 0.15) is 6.92 Å². The monoisotopic (exact) mass is 281 g/mol. The molecule has 0 saturated heterocycles. The molecule has 0 amide bonds. The minimum Gasteiger partial charge on any atom is -0.473 e. The van der Waals surface area contributed by atoms with Crippen molar-refractivity contribution in [3.05, 3.63) is 41.1 Å². The SMILES string of the molecule is CC(N)Oc1cnn(-c2ccc(Br)cc2)c1. The zero-order valence-corrected chi connectivity index (χ0v) is 10.4. The van der Waals surface area contributed by atoms with Gasteiger partial charge in [-0.3, -0.25) is 5.73 Å². The van der Waals surface area contributed by atoms with Gasteiger partial charge in [0.15, 0.2) is 5.75 Å². The highest BCUT2D eigenvalue weighted by Gasteiger charge is 2.03.